The standard InChI is InChI=1S/C27H28N8O3/c1-16-9-17(5-6-18(16)10-28-25(36)24-32-26(38-33-24)27(2,3)4)23-22-7-8-29-35(22)13-21(31-23)19-11-30-34(12-19)20-14-37-15-20/h5-9,11-13,20H,10,14-15H2,1-4H3,(H,28,36). The fraction of sp³-hybridized carbons (Fsp3) is 0.333. The van der Waals surface area contributed by atoms with Gasteiger partial charge in [0.05, 0.1) is 54.8 Å². The summed E-state index contributed by atoms with van der Waals surface area (Å²) in [6, 6.07) is 8.29. The van der Waals surface area contributed by atoms with Crippen molar-refractivity contribution in [3.63, 3.8) is 0 Å². The maximum absolute atomic E-state index is 12.6. The number of amides is 1. The number of carbonyl (C=O) groups excluding carboxylic acids is 1. The molecule has 0 saturated carbocycles. The van der Waals surface area contributed by atoms with E-state index in [9.17, 15) is 4.79 Å². The highest BCUT2D eigenvalue weighted by molar-refractivity contribution is 5.90. The van der Waals surface area contributed by atoms with E-state index in [-0.39, 0.29) is 23.2 Å². The zero-order valence-corrected chi connectivity index (χ0v) is 21.7. The molecule has 1 N–H and O–H groups in total. The molecule has 1 amide bonds. The summed E-state index contributed by atoms with van der Waals surface area (Å²) in [5.41, 5.74) is 6.06. The van der Waals surface area contributed by atoms with E-state index < -0.39 is 0 Å². The van der Waals surface area contributed by atoms with E-state index in [1.54, 1.807) is 6.20 Å². The largest absolute Gasteiger partial charge is 0.377 e. The van der Waals surface area contributed by atoms with Crippen LogP contribution >= 0.6 is 0 Å². The fourth-order valence-electron chi connectivity index (χ4n) is 4.24. The molecule has 1 fully saturated rings. The highest BCUT2D eigenvalue weighted by atomic mass is 16.5. The predicted octanol–water partition coefficient (Wildman–Crippen LogP) is 3.75. The second-order valence-corrected chi connectivity index (χ2v) is 10.5. The van der Waals surface area contributed by atoms with Crippen molar-refractivity contribution in [1.29, 1.82) is 0 Å². The lowest BCUT2D eigenvalue weighted by atomic mass is 9.97. The number of nitrogens with zero attached hydrogens (tertiary/aromatic N) is 7. The van der Waals surface area contributed by atoms with Crippen LogP contribution in [0, 0.1) is 6.92 Å². The molecule has 1 saturated heterocycles. The summed E-state index contributed by atoms with van der Waals surface area (Å²) >= 11 is 0. The van der Waals surface area contributed by atoms with Gasteiger partial charge < -0.3 is 14.6 Å². The lowest BCUT2D eigenvalue weighted by Gasteiger charge is -2.25. The zero-order chi connectivity index (χ0) is 26.4. The van der Waals surface area contributed by atoms with Gasteiger partial charge >= 0.3 is 0 Å². The Morgan fingerprint density at radius 2 is 1.95 bits per heavy atom. The molecular weight excluding hydrogens is 484 g/mol. The molecule has 5 heterocycles. The lowest BCUT2D eigenvalue weighted by Crippen LogP contribution is -2.30. The van der Waals surface area contributed by atoms with Crippen LogP contribution in [-0.2, 0) is 16.7 Å². The van der Waals surface area contributed by atoms with Crippen LogP contribution in [0.2, 0.25) is 0 Å². The minimum Gasteiger partial charge on any atom is -0.377 e. The van der Waals surface area contributed by atoms with E-state index in [0.29, 0.717) is 25.6 Å². The number of hydrogen-bond donors (Lipinski definition) is 1. The Hall–Kier alpha value is -4.38. The average Bonchev–Trinajstić information content (AvgIpc) is 3.61. The molecule has 0 radical (unpaired) electrons. The van der Waals surface area contributed by atoms with Gasteiger partial charge in [0.1, 0.15) is 0 Å². The van der Waals surface area contributed by atoms with Crippen LogP contribution in [0.25, 0.3) is 28.0 Å². The molecular formula is C27H28N8O3. The predicted molar refractivity (Wildman–Crippen MR) is 138 cm³/mol. The van der Waals surface area contributed by atoms with Gasteiger partial charge in [-0.15, -0.1) is 0 Å². The molecule has 0 bridgehead atoms. The van der Waals surface area contributed by atoms with Gasteiger partial charge in [-0.1, -0.05) is 38.1 Å². The molecule has 194 valence electrons. The molecule has 1 aromatic carbocycles. The Labute approximate surface area is 218 Å². The summed E-state index contributed by atoms with van der Waals surface area (Å²) in [6.07, 6.45) is 7.50. The van der Waals surface area contributed by atoms with Gasteiger partial charge in [-0.3, -0.25) is 9.48 Å². The Bertz CT molecular complexity index is 1640. The number of aromatic nitrogens is 7. The Morgan fingerprint density at radius 3 is 2.66 bits per heavy atom. The number of fused-ring (bicyclic) bond motifs is 1. The maximum atomic E-state index is 12.6. The summed E-state index contributed by atoms with van der Waals surface area (Å²) in [5, 5.41) is 15.7. The van der Waals surface area contributed by atoms with E-state index in [4.69, 9.17) is 14.2 Å². The first-order valence-corrected chi connectivity index (χ1v) is 12.5. The lowest BCUT2D eigenvalue weighted by molar-refractivity contribution is -0.0286. The third-order valence-electron chi connectivity index (χ3n) is 6.61. The van der Waals surface area contributed by atoms with Crippen molar-refractivity contribution in [3.05, 3.63) is 71.9 Å². The van der Waals surface area contributed by atoms with E-state index in [1.807, 2.05) is 73.7 Å². The summed E-state index contributed by atoms with van der Waals surface area (Å²) < 4.78 is 14.3. The van der Waals surface area contributed by atoms with E-state index in [0.717, 1.165) is 39.2 Å². The topological polar surface area (TPSA) is 125 Å². The normalized spacial score (nSPS) is 14.1. The van der Waals surface area contributed by atoms with Crippen molar-refractivity contribution in [3.8, 4) is 22.5 Å². The fourth-order valence-corrected chi connectivity index (χ4v) is 4.24. The summed E-state index contributed by atoms with van der Waals surface area (Å²) in [7, 11) is 0. The van der Waals surface area contributed by atoms with Crippen LogP contribution in [-0.4, -0.2) is 53.6 Å². The Morgan fingerprint density at radius 1 is 1.11 bits per heavy atom. The highest BCUT2D eigenvalue weighted by Gasteiger charge is 2.24. The monoisotopic (exact) mass is 512 g/mol. The molecule has 6 rings (SSSR count). The number of benzene rings is 1. The molecule has 38 heavy (non-hydrogen) atoms. The minimum atomic E-state index is -0.378. The van der Waals surface area contributed by atoms with Gasteiger partial charge in [0.15, 0.2) is 0 Å². The molecule has 5 aromatic rings. The first-order valence-electron chi connectivity index (χ1n) is 12.5. The number of rotatable bonds is 6. The molecule has 0 atom stereocenters. The second-order valence-electron chi connectivity index (χ2n) is 10.5. The quantitative estimate of drug-likeness (QED) is 0.365. The Balaban J connectivity index is 1.24. The van der Waals surface area contributed by atoms with Gasteiger partial charge in [0.2, 0.25) is 5.89 Å². The Kier molecular flexibility index (Phi) is 5.79. The van der Waals surface area contributed by atoms with E-state index in [1.165, 1.54) is 0 Å². The summed E-state index contributed by atoms with van der Waals surface area (Å²) in [6.45, 7) is 9.56. The van der Waals surface area contributed by atoms with Crippen molar-refractivity contribution in [2.24, 2.45) is 0 Å². The van der Waals surface area contributed by atoms with Crippen LogP contribution in [0.5, 0.6) is 0 Å². The molecule has 4 aromatic heterocycles. The van der Waals surface area contributed by atoms with E-state index >= 15 is 0 Å². The van der Waals surface area contributed by atoms with E-state index in [2.05, 4.69) is 31.7 Å². The van der Waals surface area contributed by atoms with Crippen molar-refractivity contribution in [2.75, 3.05) is 13.2 Å². The maximum Gasteiger partial charge on any atom is 0.292 e. The molecule has 1 aliphatic heterocycles. The van der Waals surface area contributed by atoms with Gasteiger partial charge in [0, 0.05) is 29.3 Å². The third-order valence-corrected chi connectivity index (χ3v) is 6.61. The molecule has 1 aliphatic rings. The number of nitrogens with one attached hydrogen (secondary N) is 1. The van der Waals surface area contributed by atoms with Crippen LogP contribution in [0.4, 0.5) is 0 Å². The van der Waals surface area contributed by atoms with Crippen LogP contribution in [0.3, 0.4) is 0 Å². The first kappa shape index (κ1) is 24.0. The van der Waals surface area contributed by atoms with Crippen molar-refractivity contribution >= 4 is 11.4 Å². The van der Waals surface area contributed by atoms with Gasteiger partial charge in [-0.2, -0.15) is 15.2 Å². The van der Waals surface area contributed by atoms with Gasteiger partial charge in [0.25, 0.3) is 11.7 Å². The molecule has 11 nitrogen and oxygen atoms in total. The number of hydrogen-bond acceptors (Lipinski definition) is 8. The van der Waals surface area contributed by atoms with Crippen molar-refractivity contribution in [1.82, 2.24) is 39.8 Å². The molecule has 0 unspecified atom stereocenters. The van der Waals surface area contributed by atoms with Crippen LogP contribution in [0.15, 0.2) is 53.6 Å². The number of ether oxygens (including phenoxy) is 1. The van der Waals surface area contributed by atoms with Crippen LogP contribution in [0.1, 0.15) is 54.4 Å². The van der Waals surface area contributed by atoms with Gasteiger partial charge in [-0.05, 0) is 30.2 Å². The molecule has 0 aliphatic carbocycles. The van der Waals surface area contributed by atoms with Crippen LogP contribution < -0.4 is 5.32 Å². The SMILES string of the molecule is Cc1cc(-c2nc(-c3cnn(C4COC4)c3)cn3nccc23)ccc1CNC(=O)c1noc(C(C)(C)C)n1. The zero-order valence-electron chi connectivity index (χ0n) is 21.7. The van der Waals surface area contributed by atoms with Crippen molar-refractivity contribution < 1.29 is 14.1 Å². The number of carbonyl (C=O) groups is 1. The molecule has 0 spiro atoms. The number of aryl methyl sites for hydroxylation is 1. The van der Waals surface area contributed by atoms with Gasteiger partial charge in [-0.25, -0.2) is 9.50 Å². The molecule has 11 heteroatoms. The minimum absolute atomic E-state index is 0.0292. The average molecular weight is 513 g/mol. The highest BCUT2D eigenvalue weighted by Crippen LogP contribution is 2.29. The third kappa shape index (κ3) is 4.45. The van der Waals surface area contributed by atoms with Crippen molar-refractivity contribution in [2.45, 2.75) is 45.7 Å². The second kappa shape index (κ2) is 9.18. The smallest absolute Gasteiger partial charge is 0.292 e. The summed E-state index contributed by atoms with van der Waals surface area (Å²) in [5.74, 6) is 0.0760. The first-order chi connectivity index (χ1) is 18.3. The summed E-state index contributed by atoms with van der Waals surface area (Å²) in [4.78, 5) is 21.8.